The molecular weight excluding hydrogens is 441 g/mol. The number of amides is 1. The molecule has 7 heteroatoms. The quantitative estimate of drug-likeness (QED) is 0.428. The molecule has 0 fully saturated rings. The molecular formula is C26H19ClFN3O2. The van der Waals surface area contributed by atoms with Crippen molar-refractivity contribution in [1.82, 2.24) is 9.99 Å². The summed E-state index contributed by atoms with van der Waals surface area (Å²) < 4.78 is 14.6. The van der Waals surface area contributed by atoms with Gasteiger partial charge >= 0.3 is 0 Å². The van der Waals surface area contributed by atoms with E-state index in [1.54, 1.807) is 36.4 Å². The van der Waals surface area contributed by atoms with E-state index in [1.807, 2.05) is 30.3 Å². The predicted octanol–water partition coefficient (Wildman–Crippen LogP) is 5.69. The van der Waals surface area contributed by atoms with E-state index < -0.39 is 11.9 Å². The number of aromatic amines is 1. The van der Waals surface area contributed by atoms with E-state index >= 15 is 0 Å². The Bertz CT molecular complexity index is 1480. The molecule has 1 N–H and O–H groups in total. The van der Waals surface area contributed by atoms with Crippen LogP contribution < -0.4 is 5.56 Å². The summed E-state index contributed by atoms with van der Waals surface area (Å²) in [6.45, 7) is 1.38. The summed E-state index contributed by atoms with van der Waals surface area (Å²) in [6.07, 6.45) is 0.204. The van der Waals surface area contributed by atoms with Crippen LogP contribution in [0.2, 0.25) is 5.02 Å². The number of carbonyl (C=O) groups excluding carboxylic acids is 1. The van der Waals surface area contributed by atoms with Crippen molar-refractivity contribution in [3.63, 3.8) is 0 Å². The normalized spacial score (nSPS) is 15.7. The number of carbonyl (C=O) groups is 1. The predicted molar refractivity (Wildman–Crippen MR) is 128 cm³/mol. The van der Waals surface area contributed by atoms with E-state index in [1.165, 1.54) is 18.0 Å². The summed E-state index contributed by atoms with van der Waals surface area (Å²) >= 11 is 6.30. The molecule has 0 spiro atoms. The number of fused-ring (bicyclic) bond motifs is 1. The van der Waals surface area contributed by atoms with Crippen LogP contribution in [0, 0.1) is 5.82 Å². The number of hydrazone groups is 1. The van der Waals surface area contributed by atoms with E-state index in [0.717, 1.165) is 10.9 Å². The largest absolute Gasteiger partial charge is 0.321 e. The lowest BCUT2D eigenvalue weighted by molar-refractivity contribution is -0.130. The van der Waals surface area contributed by atoms with Crippen LogP contribution in [-0.4, -0.2) is 21.6 Å². The molecule has 1 aliphatic rings. The summed E-state index contributed by atoms with van der Waals surface area (Å²) in [5.74, 6) is -0.757. The van der Waals surface area contributed by atoms with E-state index in [2.05, 4.69) is 10.1 Å². The van der Waals surface area contributed by atoms with Gasteiger partial charge in [-0.1, -0.05) is 60.1 Å². The maximum atomic E-state index is 14.6. The Morgan fingerprint density at radius 3 is 2.52 bits per heavy atom. The molecule has 2 heterocycles. The summed E-state index contributed by atoms with van der Waals surface area (Å²) in [7, 11) is 0. The highest BCUT2D eigenvalue weighted by molar-refractivity contribution is 6.31. The average Bonchev–Trinajstić information content (AvgIpc) is 3.24. The van der Waals surface area contributed by atoms with Crippen molar-refractivity contribution in [3.05, 3.63) is 105 Å². The maximum Gasteiger partial charge on any atom is 0.258 e. The van der Waals surface area contributed by atoms with Crippen molar-refractivity contribution in [3.8, 4) is 11.1 Å². The van der Waals surface area contributed by atoms with Crippen molar-refractivity contribution < 1.29 is 9.18 Å². The first-order valence-electron chi connectivity index (χ1n) is 10.5. The third kappa shape index (κ3) is 3.72. The summed E-state index contributed by atoms with van der Waals surface area (Å²) in [5.41, 5.74) is 2.92. The van der Waals surface area contributed by atoms with E-state index in [-0.39, 0.29) is 17.9 Å². The SMILES string of the molecule is CC(=O)N1N=C(c2c(-c3ccccc3)c3cc(Cl)ccc3[nH]c2=O)C[C@H]1c1ccccc1F. The molecule has 1 aliphatic heterocycles. The van der Waals surface area contributed by atoms with Gasteiger partial charge in [-0.3, -0.25) is 9.59 Å². The van der Waals surface area contributed by atoms with Crippen LogP contribution in [0.15, 0.2) is 82.7 Å². The zero-order valence-corrected chi connectivity index (χ0v) is 18.4. The molecule has 1 amide bonds. The summed E-state index contributed by atoms with van der Waals surface area (Å²) in [6, 6.07) is 20.4. The number of pyridine rings is 1. The number of nitrogens with zero attached hydrogens (tertiary/aromatic N) is 2. The minimum absolute atomic E-state index is 0.204. The third-order valence-corrected chi connectivity index (χ3v) is 6.06. The number of benzene rings is 3. The molecule has 0 unspecified atom stereocenters. The van der Waals surface area contributed by atoms with Crippen molar-refractivity contribution in [2.45, 2.75) is 19.4 Å². The average molecular weight is 460 g/mol. The minimum Gasteiger partial charge on any atom is -0.321 e. The van der Waals surface area contributed by atoms with Crippen LogP contribution in [0.25, 0.3) is 22.0 Å². The van der Waals surface area contributed by atoms with Crippen LogP contribution in [0.5, 0.6) is 0 Å². The standard InChI is InChI=1S/C26H19ClFN3O2/c1-15(32)31-23(18-9-5-6-10-20(18)28)14-22(30-31)25-24(16-7-3-2-4-8-16)19-13-17(27)11-12-21(19)29-26(25)33/h2-13,23H,14H2,1H3,(H,29,33)/t23-/m0/s1. The number of halogens is 2. The molecule has 1 aromatic heterocycles. The van der Waals surface area contributed by atoms with Gasteiger partial charge in [0, 0.05) is 40.4 Å². The number of nitrogens with one attached hydrogen (secondary N) is 1. The van der Waals surface area contributed by atoms with Crippen LogP contribution in [0.1, 0.15) is 30.5 Å². The van der Waals surface area contributed by atoms with Crippen LogP contribution in [0.4, 0.5) is 4.39 Å². The lowest BCUT2D eigenvalue weighted by Gasteiger charge is -2.20. The summed E-state index contributed by atoms with van der Waals surface area (Å²) in [4.78, 5) is 28.7. The minimum atomic E-state index is -0.642. The Hall–Kier alpha value is -3.77. The topological polar surface area (TPSA) is 65.5 Å². The Kier molecular flexibility index (Phi) is 5.30. The van der Waals surface area contributed by atoms with Crippen LogP contribution >= 0.6 is 11.6 Å². The fraction of sp³-hybridized carbons (Fsp3) is 0.115. The van der Waals surface area contributed by atoms with Crippen molar-refractivity contribution in [2.75, 3.05) is 0 Å². The first kappa shape index (κ1) is 21.1. The molecule has 0 radical (unpaired) electrons. The maximum absolute atomic E-state index is 14.6. The first-order chi connectivity index (χ1) is 15.9. The molecule has 4 aromatic rings. The molecule has 5 rings (SSSR count). The zero-order valence-electron chi connectivity index (χ0n) is 17.7. The highest BCUT2D eigenvalue weighted by Crippen LogP contribution is 2.37. The van der Waals surface area contributed by atoms with E-state index in [9.17, 15) is 14.0 Å². The number of H-pyrrole nitrogens is 1. The lowest BCUT2D eigenvalue weighted by Crippen LogP contribution is -2.25. The van der Waals surface area contributed by atoms with Gasteiger partial charge < -0.3 is 4.98 Å². The lowest BCUT2D eigenvalue weighted by atomic mass is 9.91. The molecule has 33 heavy (non-hydrogen) atoms. The fourth-order valence-corrected chi connectivity index (χ4v) is 4.56. The number of aromatic nitrogens is 1. The van der Waals surface area contributed by atoms with Gasteiger partial charge in [0.25, 0.3) is 5.56 Å². The fourth-order valence-electron chi connectivity index (χ4n) is 4.38. The van der Waals surface area contributed by atoms with Crippen LogP contribution in [-0.2, 0) is 4.79 Å². The second-order valence-corrected chi connectivity index (χ2v) is 8.35. The molecule has 3 aromatic carbocycles. The highest BCUT2D eigenvalue weighted by Gasteiger charge is 2.35. The van der Waals surface area contributed by atoms with Gasteiger partial charge in [-0.15, -0.1) is 0 Å². The number of hydrogen-bond donors (Lipinski definition) is 1. The monoisotopic (exact) mass is 459 g/mol. The van der Waals surface area contributed by atoms with E-state index in [0.29, 0.717) is 32.9 Å². The molecule has 0 saturated heterocycles. The van der Waals surface area contributed by atoms with Crippen molar-refractivity contribution >= 4 is 34.1 Å². The molecule has 0 bridgehead atoms. The van der Waals surface area contributed by atoms with Gasteiger partial charge in [-0.2, -0.15) is 5.10 Å². The number of rotatable bonds is 3. The first-order valence-corrected chi connectivity index (χ1v) is 10.8. The van der Waals surface area contributed by atoms with Gasteiger partial charge in [0.15, 0.2) is 0 Å². The highest BCUT2D eigenvalue weighted by atomic mass is 35.5. The van der Waals surface area contributed by atoms with E-state index in [4.69, 9.17) is 11.6 Å². The van der Waals surface area contributed by atoms with Gasteiger partial charge in [-0.25, -0.2) is 9.40 Å². The van der Waals surface area contributed by atoms with Crippen LogP contribution in [0.3, 0.4) is 0 Å². The Morgan fingerprint density at radius 2 is 1.79 bits per heavy atom. The van der Waals surface area contributed by atoms with Gasteiger partial charge in [0.05, 0.1) is 17.3 Å². The van der Waals surface area contributed by atoms with Crippen molar-refractivity contribution in [2.24, 2.45) is 5.10 Å². The number of hydrogen-bond acceptors (Lipinski definition) is 3. The Morgan fingerprint density at radius 1 is 1.06 bits per heavy atom. The molecule has 1 atom stereocenters. The summed E-state index contributed by atoms with van der Waals surface area (Å²) in [5, 5.41) is 7.06. The second-order valence-electron chi connectivity index (χ2n) is 7.91. The van der Waals surface area contributed by atoms with Gasteiger partial charge in [-0.05, 0) is 29.8 Å². The zero-order chi connectivity index (χ0) is 23.1. The third-order valence-electron chi connectivity index (χ3n) is 5.82. The smallest absolute Gasteiger partial charge is 0.258 e. The molecule has 0 saturated carbocycles. The van der Waals surface area contributed by atoms with Gasteiger partial charge in [0.2, 0.25) is 5.91 Å². The molecule has 164 valence electrons. The molecule has 0 aliphatic carbocycles. The Labute approximate surface area is 194 Å². The second kappa shape index (κ2) is 8.30. The van der Waals surface area contributed by atoms with Crippen molar-refractivity contribution in [1.29, 1.82) is 0 Å². The Balaban J connectivity index is 1.76. The molecule has 5 nitrogen and oxygen atoms in total. The van der Waals surface area contributed by atoms with Gasteiger partial charge in [0.1, 0.15) is 5.82 Å².